The summed E-state index contributed by atoms with van der Waals surface area (Å²) in [7, 11) is 0. The molecule has 0 aliphatic heterocycles. The fraction of sp³-hybridized carbons (Fsp3) is 0. The van der Waals surface area contributed by atoms with Crippen molar-refractivity contribution < 1.29 is 4.42 Å². The predicted octanol–water partition coefficient (Wildman–Crippen LogP) is 5.14. The summed E-state index contributed by atoms with van der Waals surface area (Å²) in [5, 5.41) is 12.6. The van der Waals surface area contributed by atoms with Crippen molar-refractivity contribution in [3.05, 3.63) is 81.7 Å². The molecule has 1 heterocycles. The molecule has 114 valence electrons. The van der Waals surface area contributed by atoms with Crippen molar-refractivity contribution in [3.63, 3.8) is 0 Å². The van der Waals surface area contributed by atoms with Gasteiger partial charge in [-0.1, -0.05) is 60.1 Å². The van der Waals surface area contributed by atoms with E-state index in [-0.39, 0.29) is 5.56 Å². The molecule has 0 fully saturated rings. The number of benzene rings is 3. The number of fused-ring (bicyclic) bond motifs is 3. The molecule has 0 unspecified atom stereocenters. The van der Waals surface area contributed by atoms with E-state index >= 15 is 0 Å². The van der Waals surface area contributed by atoms with Crippen LogP contribution in [0.1, 0.15) is 5.56 Å². The van der Waals surface area contributed by atoms with Crippen molar-refractivity contribution >= 4 is 33.3 Å². The summed E-state index contributed by atoms with van der Waals surface area (Å²) >= 11 is 6.35. The van der Waals surface area contributed by atoms with Crippen LogP contribution in [0.25, 0.3) is 32.9 Å². The first kappa shape index (κ1) is 14.5. The smallest absolute Gasteiger partial charge is 0.354 e. The number of hydrogen-bond donors (Lipinski definition) is 0. The molecule has 0 aliphatic carbocycles. The third-order valence-corrected chi connectivity index (χ3v) is 4.38. The van der Waals surface area contributed by atoms with Gasteiger partial charge in [0.2, 0.25) is 0 Å². The zero-order chi connectivity index (χ0) is 16.7. The van der Waals surface area contributed by atoms with Crippen LogP contribution >= 0.6 is 11.6 Å². The molecule has 0 amide bonds. The van der Waals surface area contributed by atoms with Crippen LogP contribution in [0.5, 0.6) is 0 Å². The lowest BCUT2D eigenvalue weighted by atomic mass is 9.94. The number of rotatable bonds is 1. The molecule has 4 rings (SSSR count). The molecule has 0 saturated carbocycles. The van der Waals surface area contributed by atoms with E-state index in [1.54, 1.807) is 18.2 Å². The van der Waals surface area contributed by atoms with Crippen molar-refractivity contribution in [2.45, 2.75) is 0 Å². The predicted molar refractivity (Wildman–Crippen MR) is 95.2 cm³/mol. The summed E-state index contributed by atoms with van der Waals surface area (Å²) < 4.78 is 5.37. The topological polar surface area (TPSA) is 54.0 Å². The lowest BCUT2D eigenvalue weighted by Crippen LogP contribution is -2.07. The van der Waals surface area contributed by atoms with Crippen molar-refractivity contribution in [1.82, 2.24) is 0 Å². The van der Waals surface area contributed by atoms with Crippen LogP contribution in [0.4, 0.5) is 0 Å². The lowest BCUT2D eigenvalue weighted by molar-refractivity contribution is 0.559. The van der Waals surface area contributed by atoms with Crippen molar-refractivity contribution in [3.8, 4) is 17.2 Å². The zero-order valence-electron chi connectivity index (χ0n) is 12.4. The van der Waals surface area contributed by atoms with Gasteiger partial charge in [-0.3, -0.25) is 0 Å². The Morgan fingerprint density at radius 1 is 0.958 bits per heavy atom. The highest BCUT2D eigenvalue weighted by Gasteiger charge is 2.19. The molecule has 24 heavy (non-hydrogen) atoms. The fourth-order valence-electron chi connectivity index (χ4n) is 3.01. The van der Waals surface area contributed by atoms with E-state index in [2.05, 4.69) is 0 Å². The van der Waals surface area contributed by atoms with E-state index in [0.717, 1.165) is 16.2 Å². The number of nitrogens with zero attached hydrogens (tertiary/aromatic N) is 1. The Labute approximate surface area is 142 Å². The second-order valence-corrected chi connectivity index (χ2v) is 5.80. The third-order valence-electron chi connectivity index (χ3n) is 4.05. The molecule has 0 atom stereocenters. The van der Waals surface area contributed by atoms with Crippen LogP contribution in [-0.2, 0) is 0 Å². The Morgan fingerprint density at radius 2 is 1.71 bits per heavy atom. The summed E-state index contributed by atoms with van der Waals surface area (Å²) in [5.41, 5.74) is 0.908. The van der Waals surface area contributed by atoms with Gasteiger partial charge in [0.15, 0.2) is 0 Å². The molecular formula is C20H10ClNO2. The van der Waals surface area contributed by atoms with Crippen LogP contribution in [-0.4, -0.2) is 0 Å². The standard InChI is InChI=1S/C20H10ClNO2/c21-16-8-4-3-7-14(16)18-15(11-22)20(23)24-17-10-9-12-5-1-2-6-13(12)19(17)18/h1-10H. The Bertz CT molecular complexity index is 1200. The largest absolute Gasteiger partial charge is 0.422 e. The van der Waals surface area contributed by atoms with Crippen LogP contribution in [0.2, 0.25) is 5.02 Å². The minimum Gasteiger partial charge on any atom is -0.422 e. The van der Waals surface area contributed by atoms with Gasteiger partial charge in [-0.15, -0.1) is 0 Å². The SMILES string of the molecule is N#Cc1c(-c2ccccc2Cl)c2c(ccc3ccccc32)oc1=O. The summed E-state index contributed by atoms with van der Waals surface area (Å²) in [5.74, 6) is 0. The Morgan fingerprint density at radius 3 is 2.50 bits per heavy atom. The van der Waals surface area contributed by atoms with E-state index in [0.29, 0.717) is 21.7 Å². The molecule has 0 saturated heterocycles. The minimum absolute atomic E-state index is 0.0352. The molecular weight excluding hydrogens is 322 g/mol. The first-order valence-corrected chi connectivity index (χ1v) is 7.72. The van der Waals surface area contributed by atoms with E-state index in [9.17, 15) is 10.1 Å². The molecule has 0 spiro atoms. The number of hydrogen-bond acceptors (Lipinski definition) is 3. The highest BCUT2D eigenvalue weighted by molar-refractivity contribution is 6.34. The van der Waals surface area contributed by atoms with Gasteiger partial charge in [0.25, 0.3) is 0 Å². The van der Waals surface area contributed by atoms with E-state index < -0.39 is 5.63 Å². The summed E-state index contributed by atoms with van der Waals surface area (Å²) in [6.07, 6.45) is 0. The molecule has 4 aromatic rings. The number of nitriles is 1. The summed E-state index contributed by atoms with van der Waals surface area (Å²) in [6, 6.07) is 20.6. The van der Waals surface area contributed by atoms with Crippen molar-refractivity contribution in [1.29, 1.82) is 5.26 Å². The van der Waals surface area contributed by atoms with Crippen molar-refractivity contribution in [2.24, 2.45) is 0 Å². The average Bonchev–Trinajstić information content (AvgIpc) is 2.61. The molecule has 0 aliphatic rings. The van der Waals surface area contributed by atoms with Gasteiger partial charge in [0, 0.05) is 21.5 Å². The Hall–Kier alpha value is -3.09. The third kappa shape index (κ3) is 2.09. The van der Waals surface area contributed by atoms with Crippen LogP contribution in [0.15, 0.2) is 69.9 Å². The average molecular weight is 332 g/mol. The number of halogens is 1. The zero-order valence-corrected chi connectivity index (χ0v) is 13.2. The van der Waals surface area contributed by atoms with Gasteiger partial charge in [0.1, 0.15) is 17.2 Å². The van der Waals surface area contributed by atoms with Crippen LogP contribution in [0.3, 0.4) is 0 Å². The maximum atomic E-state index is 12.3. The first-order chi connectivity index (χ1) is 11.7. The highest BCUT2D eigenvalue weighted by Crippen LogP contribution is 2.38. The first-order valence-electron chi connectivity index (χ1n) is 7.34. The highest BCUT2D eigenvalue weighted by atomic mass is 35.5. The van der Waals surface area contributed by atoms with E-state index in [1.807, 2.05) is 48.5 Å². The van der Waals surface area contributed by atoms with Gasteiger partial charge >= 0.3 is 5.63 Å². The van der Waals surface area contributed by atoms with Crippen LogP contribution < -0.4 is 5.63 Å². The van der Waals surface area contributed by atoms with Crippen molar-refractivity contribution in [2.75, 3.05) is 0 Å². The molecule has 4 heteroatoms. The summed E-state index contributed by atoms with van der Waals surface area (Å²) in [4.78, 5) is 12.3. The fourth-order valence-corrected chi connectivity index (χ4v) is 3.24. The van der Waals surface area contributed by atoms with Gasteiger partial charge in [-0.25, -0.2) is 4.79 Å². The van der Waals surface area contributed by atoms with E-state index in [4.69, 9.17) is 16.0 Å². The second-order valence-electron chi connectivity index (χ2n) is 5.39. The Balaban J connectivity index is 2.33. The lowest BCUT2D eigenvalue weighted by Gasteiger charge is -2.11. The monoisotopic (exact) mass is 331 g/mol. The van der Waals surface area contributed by atoms with Crippen LogP contribution in [0, 0.1) is 11.3 Å². The molecule has 3 aromatic carbocycles. The van der Waals surface area contributed by atoms with E-state index in [1.165, 1.54) is 0 Å². The molecule has 3 nitrogen and oxygen atoms in total. The molecule has 0 bridgehead atoms. The second kappa shape index (κ2) is 5.52. The summed E-state index contributed by atoms with van der Waals surface area (Å²) in [6.45, 7) is 0. The van der Waals surface area contributed by atoms with Gasteiger partial charge in [-0.2, -0.15) is 5.26 Å². The minimum atomic E-state index is -0.657. The van der Waals surface area contributed by atoms with Gasteiger partial charge in [-0.05, 0) is 22.9 Å². The maximum Gasteiger partial charge on any atom is 0.354 e. The van der Waals surface area contributed by atoms with Gasteiger partial charge in [0.05, 0.1) is 0 Å². The quantitative estimate of drug-likeness (QED) is 0.358. The molecule has 0 N–H and O–H groups in total. The molecule has 1 aromatic heterocycles. The molecule has 0 radical (unpaired) electrons. The van der Waals surface area contributed by atoms with Gasteiger partial charge < -0.3 is 4.42 Å². The maximum absolute atomic E-state index is 12.3. The Kier molecular flexibility index (Phi) is 3.34. The normalized spacial score (nSPS) is 10.8.